The highest BCUT2D eigenvalue weighted by molar-refractivity contribution is 14.1. The van der Waals surface area contributed by atoms with Gasteiger partial charge in [0.15, 0.2) is 0 Å². The van der Waals surface area contributed by atoms with Gasteiger partial charge in [0, 0.05) is 8.59 Å². The fourth-order valence-corrected chi connectivity index (χ4v) is 2.06. The highest BCUT2D eigenvalue weighted by Gasteiger charge is 2.11. The lowest BCUT2D eigenvalue weighted by Crippen LogP contribution is -2.28. The van der Waals surface area contributed by atoms with Gasteiger partial charge in [-0.15, -0.1) is 0 Å². The van der Waals surface area contributed by atoms with Gasteiger partial charge < -0.3 is 5.32 Å². The first-order valence-corrected chi connectivity index (χ1v) is 5.48. The Morgan fingerprint density at radius 2 is 2.20 bits per heavy atom. The van der Waals surface area contributed by atoms with Crippen molar-refractivity contribution < 1.29 is 13.6 Å². The van der Waals surface area contributed by atoms with E-state index in [0.29, 0.717) is 14.2 Å². The third-order valence-electron chi connectivity index (χ3n) is 1.59. The summed E-state index contributed by atoms with van der Waals surface area (Å²) in [6, 6.07) is 4.64. The number of carbonyl (C=O) groups excluding carboxylic acids is 1. The van der Waals surface area contributed by atoms with Crippen LogP contribution in [0.25, 0.3) is 0 Å². The van der Waals surface area contributed by atoms with Gasteiger partial charge in [-0.1, -0.05) is 11.6 Å². The average molecular weight is 346 g/mol. The van der Waals surface area contributed by atoms with Crippen LogP contribution in [0.2, 0.25) is 5.02 Å². The van der Waals surface area contributed by atoms with E-state index >= 15 is 0 Å². The molecule has 0 atom stereocenters. The van der Waals surface area contributed by atoms with E-state index < -0.39 is 18.9 Å². The molecule has 82 valence electrons. The lowest BCUT2D eigenvalue weighted by Gasteiger charge is -2.06. The van der Waals surface area contributed by atoms with Gasteiger partial charge in [-0.2, -0.15) is 0 Å². The number of halogens is 4. The summed E-state index contributed by atoms with van der Waals surface area (Å²) in [6.45, 7) is -0.641. The molecule has 0 fully saturated rings. The van der Waals surface area contributed by atoms with Crippen molar-refractivity contribution >= 4 is 40.1 Å². The Kier molecular flexibility index (Phi) is 4.72. The zero-order chi connectivity index (χ0) is 11.4. The van der Waals surface area contributed by atoms with E-state index in [4.69, 9.17) is 11.6 Å². The summed E-state index contributed by atoms with van der Waals surface area (Å²) in [5, 5.41) is 2.63. The molecule has 0 radical (unpaired) electrons. The van der Waals surface area contributed by atoms with Crippen LogP contribution in [0, 0.1) is 3.57 Å². The summed E-state index contributed by atoms with van der Waals surface area (Å²) in [6.07, 6.45) is -2.54. The summed E-state index contributed by atoms with van der Waals surface area (Å²) in [5.41, 5.74) is 0.348. The Hall–Kier alpha value is -0.430. The number of carbonyl (C=O) groups is 1. The lowest BCUT2D eigenvalue weighted by molar-refractivity contribution is 0.0891. The topological polar surface area (TPSA) is 29.1 Å². The van der Waals surface area contributed by atoms with Crippen molar-refractivity contribution in [1.29, 1.82) is 0 Å². The SMILES string of the molecule is O=C(NCC(F)F)c1ccc(Cl)cc1I. The van der Waals surface area contributed by atoms with Gasteiger partial charge in [0.2, 0.25) is 0 Å². The van der Waals surface area contributed by atoms with Crippen molar-refractivity contribution in [3.8, 4) is 0 Å². The van der Waals surface area contributed by atoms with E-state index in [2.05, 4.69) is 5.32 Å². The van der Waals surface area contributed by atoms with Gasteiger partial charge >= 0.3 is 0 Å². The largest absolute Gasteiger partial charge is 0.346 e. The van der Waals surface area contributed by atoms with Crippen LogP contribution in [0.4, 0.5) is 8.78 Å². The van der Waals surface area contributed by atoms with Crippen molar-refractivity contribution in [2.24, 2.45) is 0 Å². The summed E-state index contributed by atoms with van der Waals surface area (Å²) in [4.78, 5) is 11.4. The molecule has 1 aromatic rings. The van der Waals surface area contributed by atoms with Crippen molar-refractivity contribution in [2.45, 2.75) is 6.43 Å². The average Bonchev–Trinajstić information content (AvgIpc) is 2.14. The second-order valence-electron chi connectivity index (χ2n) is 2.73. The molecule has 0 aliphatic carbocycles. The molecule has 0 aliphatic rings. The molecule has 15 heavy (non-hydrogen) atoms. The molecule has 0 heterocycles. The molecule has 0 aromatic heterocycles. The molecular formula is C9H7ClF2INO. The Morgan fingerprint density at radius 1 is 1.53 bits per heavy atom. The zero-order valence-electron chi connectivity index (χ0n) is 7.44. The van der Waals surface area contributed by atoms with E-state index in [1.807, 2.05) is 22.6 Å². The first-order valence-electron chi connectivity index (χ1n) is 4.02. The number of rotatable bonds is 3. The maximum Gasteiger partial charge on any atom is 0.255 e. The standard InChI is InChI=1S/C9H7ClF2INO/c10-5-1-2-6(7(13)3-5)9(15)14-4-8(11)12/h1-3,8H,4H2,(H,14,15). The van der Waals surface area contributed by atoms with Crippen LogP contribution in [0.15, 0.2) is 18.2 Å². The van der Waals surface area contributed by atoms with Gasteiger partial charge in [0.25, 0.3) is 12.3 Å². The van der Waals surface area contributed by atoms with Crippen LogP contribution in [-0.2, 0) is 0 Å². The zero-order valence-corrected chi connectivity index (χ0v) is 10.4. The van der Waals surface area contributed by atoms with Crippen molar-refractivity contribution in [3.63, 3.8) is 0 Å². The van der Waals surface area contributed by atoms with Gasteiger partial charge in [0.1, 0.15) is 0 Å². The number of hydrogen-bond acceptors (Lipinski definition) is 1. The number of nitrogens with one attached hydrogen (secondary N) is 1. The van der Waals surface area contributed by atoms with Crippen LogP contribution in [0.5, 0.6) is 0 Å². The predicted molar refractivity (Wildman–Crippen MR) is 62.5 cm³/mol. The van der Waals surface area contributed by atoms with Crippen LogP contribution < -0.4 is 5.32 Å². The third kappa shape index (κ3) is 3.90. The molecule has 0 spiro atoms. The maximum absolute atomic E-state index is 11.8. The molecule has 1 amide bonds. The van der Waals surface area contributed by atoms with Crippen LogP contribution >= 0.6 is 34.2 Å². The van der Waals surface area contributed by atoms with E-state index in [0.717, 1.165) is 0 Å². The summed E-state index contributed by atoms with van der Waals surface area (Å²) in [5.74, 6) is -0.517. The molecule has 2 nitrogen and oxygen atoms in total. The molecule has 1 N–H and O–H groups in total. The molecule has 0 bridgehead atoms. The minimum Gasteiger partial charge on any atom is -0.346 e. The highest BCUT2D eigenvalue weighted by atomic mass is 127. The fourth-order valence-electron chi connectivity index (χ4n) is 0.939. The predicted octanol–water partition coefficient (Wildman–Crippen LogP) is 2.94. The smallest absolute Gasteiger partial charge is 0.255 e. The molecule has 1 aromatic carbocycles. The van der Waals surface area contributed by atoms with E-state index in [9.17, 15) is 13.6 Å². The van der Waals surface area contributed by atoms with E-state index in [-0.39, 0.29) is 0 Å². The van der Waals surface area contributed by atoms with Gasteiger partial charge in [-0.25, -0.2) is 8.78 Å². The van der Waals surface area contributed by atoms with E-state index in [1.165, 1.54) is 6.07 Å². The number of amides is 1. The molecule has 6 heteroatoms. The van der Waals surface area contributed by atoms with Crippen molar-refractivity contribution in [1.82, 2.24) is 5.32 Å². The third-order valence-corrected chi connectivity index (χ3v) is 2.72. The van der Waals surface area contributed by atoms with Crippen LogP contribution in [-0.4, -0.2) is 18.9 Å². The minimum atomic E-state index is -2.54. The molecule has 0 unspecified atom stereocenters. The van der Waals surface area contributed by atoms with Crippen molar-refractivity contribution in [2.75, 3.05) is 6.54 Å². The second kappa shape index (κ2) is 5.60. The normalized spacial score (nSPS) is 10.5. The Balaban J connectivity index is 2.74. The number of alkyl halides is 2. The Morgan fingerprint density at radius 3 is 2.73 bits per heavy atom. The quantitative estimate of drug-likeness (QED) is 0.839. The van der Waals surface area contributed by atoms with Crippen LogP contribution in [0.1, 0.15) is 10.4 Å². The lowest BCUT2D eigenvalue weighted by atomic mass is 10.2. The monoisotopic (exact) mass is 345 g/mol. The molecule has 0 saturated heterocycles. The fraction of sp³-hybridized carbons (Fsp3) is 0.222. The summed E-state index contributed by atoms with van der Waals surface area (Å²) >= 11 is 7.62. The first-order chi connectivity index (χ1) is 7.00. The molecule has 0 saturated carbocycles. The van der Waals surface area contributed by atoms with E-state index in [1.54, 1.807) is 12.1 Å². The van der Waals surface area contributed by atoms with Crippen molar-refractivity contribution in [3.05, 3.63) is 32.4 Å². The molecular weight excluding hydrogens is 338 g/mol. The number of hydrogen-bond donors (Lipinski definition) is 1. The minimum absolute atomic E-state index is 0.348. The second-order valence-corrected chi connectivity index (χ2v) is 4.32. The molecule has 1 rings (SSSR count). The van der Waals surface area contributed by atoms with Gasteiger partial charge in [0.05, 0.1) is 12.1 Å². The first kappa shape index (κ1) is 12.6. The highest BCUT2D eigenvalue weighted by Crippen LogP contribution is 2.17. The maximum atomic E-state index is 11.8. The summed E-state index contributed by atoms with van der Waals surface area (Å²) < 4.78 is 24.3. The van der Waals surface area contributed by atoms with Gasteiger partial charge in [-0.05, 0) is 40.8 Å². The number of benzene rings is 1. The molecule has 0 aliphatic heterocycles. The Labute approximate surface area is 104 Å². The Bertz CT molecular complexity index is 373. The van der Waals surface area contributed by atoms with Gasteiger partial charge in [-0.3, -0.25) is 4.79 Å². The summed E-state index contributed by atoms with van der Waals surface area (Å²) in [7, 11) is 0. The van der Waals surface area contributed by atoms with Crippen LogP contribution in [0.3, 0.4) is 0 Å².